The van der Waals surface area contributed by atoms with Gasteiger partial charge >= 0.3 is 0 Å². The molecule has 0 aliphatic carbocycles. The van der Waals surface area contributed by atoms with Gasteiger partial charge < -0.3 is 5.73 Å². The highest BCUT2D eigenvalue weighted by Gasteiger charge is 2.14. The van der Waals surface area contributed by atoms with Gasteiger partial charge in [0.2, 0.25) is 0 Å². The van der Waals surface area contributed by atoms with Crippen molar-refractivity contribution in [1.82, 2.24) is 4.98 Å². The summed E-state index contributed by atoms with van der Waals surface area (Å²) in [5.74, 6) is -0.446. The molecule has 0 amide bonds. The highest BCUT2D eigenvalue weighted by Crippen LogP contribution is 2.38. The maximum Gasteiger partial charge on any atom is 0.156 e. The summed E-state index contributed by atoms with van der Waals surface area (Å²) in [7, 11) is 0. The first-order valence-corrected chi connectivity index (χ1v) is 8.23. The van der Waals surface area contributed by atoms with Gasteiger partial charge in [-0.1, -0.05) is 11.8 Å². The third-order valence-corrected chi connectivity index (χ3v) is 5.65. The molecule has 0 spiro atoms. The average molecular weight is 380 g/mol. The molecule has 3 aromatic rings. The van der Waals surface area contributed by atoms with Crippen LogP contribution in [0.4, 0.5) is 10.1 Å². The fourth-order valence-corrected chi connectivity index (χ4v) is 4.43. The Morgan fingerprint density at radius 2 is 2.14 bits per heavy atom. The molecule has 1 aromatic heterocycles. The number of hydrogen-bond donors (Lipinski definition) is 1. The molecule has 1 heterocycles. The number of nitrogens with two attached hydrogens (primary N) is 1. The molecule has 0 aliphatic heterocycles. The molecule has 7 heteroatoms. The first-order valence-electron chi connectivity index (χ1n) is 5.80. The van der Waals surface area contributed by atoms with Crippen molar-refractivity contribution in [3.05, 3.63) is 46.2 Å². The molecule has 0 atom stereocenters. The zero-order valence-electron chi connectivity index (χ0n) is 10.4. The number of anilines is 1. The lowest BCUT2D eigenvalue weighted by molar-refractivity contribution is 0.594. The van der Waals surface area contributed by atoms with E-state index in [1.165, 1.54) is 23.1 Å². The maximum atomic E-state index is 14.2. The highest BCUT2D eigenvalue weighted by atomic mass is 79.9. The van der Waals surface area contributed by atoms with Crippen LogP contribution in [0.2, 0.25) is 0 Å². The van der Waals surface area contributed by atoms with Crippen LogP contribution in [0.15, 0.2) is 44.0 Å². The Labute approximate surface area is 136 Å². The number of nitrogens with zero attached hydrogens (tertiary/aromatic N) is 2. The molecule has 0 unspecified atom stereocenters. The predicted octanol–water partition coefficient (Wildman–Crippen LogP) is 4.80. The quantitative estimate of drug-likeness (QED) is 0.649. The molecule has 2 aromatic carbocycles. The number of thiazole rings is 1. The number of aromatic nitrogens is 1. The molecule has 0 bridgehead atoms. The number of rotatable bonds is 2. The van der Waals surface area contributed by atoms with Gasteiger partial charge in [0.1, 0.15) is 6.07 Å². The van der Waals surface area contributed by atoms with Gasteiger partial charge in [-0.2, -0.15) is 5.26 Å². The van der Waals surface area contributed by atoms with Crippen LogP contribution in [0.3, 0.4) is 0 Å². The first-order chi connectivity index (χ1) is 10.1. The summed E-state index contributed by atoms with van der Waals surface area (Å²) in [6.45, 7) is 0. The van der Waals surface area contributed by atoms with E-state index in [0.717, 1.165) is 14.6 Å². The van der Waals surface area contributed by atoms with Crippen LogP contribution >= 0.6 is 39.0 Å². The van der Waals surface area contributed by atoms with Gasteiger partial charge in [-0.05, 0) is 46.3 Å². The molecule has 104 valence electrons. The van der Waals surface area contributed by atoms with Crippen LogP contribution in [0.5, 0.6) is 0 Å². The SMILES string of the molecule is N#Cc1ccc(Sc2nc3ccc(N)cc3s2)c(F)c1Br. The van der Waals surface area contributed by atoms with Gasteiger partial charge in [-0.3, -0.25) is 0 Å². The van der Waals surface area contributed by atoms with Crippen LogP contribution < -0.4 is 5.73 Å². The van der Waals surface area contributed by atoms with Gasteiger partial charge in [-0.25, -0.2) is 9.37 Å². The Hall–Kier alpha value is -1.62. The minimum Gasteiger partial charge on any atom is -0.399 e. The smallest absolute Gasteiger partial charge is 0.156 e. The monoisotopic (exact) mass is 379 g/mol. The maximum absolute atomic E-state index is 14.2. The molecule has 3 nitrogen and oxygen atoms in total. The third kappa shape index (κ3) is 2.75. The second-order valence-electron chi connectivity index (χ2n) is 4.16. The summed E-state index contributed by atoms with van der Waals surface area (Å²) in [6.07, 6.45) is 0. The number of fused-ring (bicyclic) bond motifs is 1. The van der Waals surface area contributed by atoms with Crippen LogP contribution in [-0.4, -0.2) is 4.98 Å². The highest BCUT2D eigenvalue weighted by molar-refractivity contribution is 9.10. The Balaban J connectivity index is 1.99. The number of nitrogen functional groups attached to an aromatic ring is 1. The van der Waals surface area contributed by atoms with E-state index >= 15 is 0 Å². The second kappa shape index (κ2) is 5.64. The van der Waals surface area contributed by atoms with E-state index in [2.05, 4.69) is 20.9 Å². The lowest BCUT2D eigenvalue weighted by Gasteiger charge is -2.03. The fraction of sp³-hybridized carbons (Fsp3) is 0. The van der Waals surface area contributed by atoms with Gasteiger partial charge in [-0.15, -0.1) is 11.3 Å². The molecule has 21 heavy (non-hydrogen) atoms. The Morgan fingerprint density at radius 3 is 2.90 bits per heavy atom. The van der Waals surface area contributed by atoms with Crippen molar-refractivity contribution in [2.45, 2.75) is 9.24 Å². The van der Waals surface area contributed by atoms with Crippen molar-refractivity contribution in [1.29, 1.82) is 5.26 Å². The van der Waals surface area contributed by atoms with E-state index < -0.39 is 5.82 Å². The molecular weight excluding hydrogens is 373 g/mol. The van der Waals surface area contributed by atoms with Crippen molar-refractivity contribution in [2.75, 3.05) is 5.73 Å². The Morgan fingerprint density at radius 1 is 1.33 bits per heavy atom. The molecule has 0 saturated heterocycles. The van der Waals surface area contributed by atoms with Gasteiger partial charge in [0.25, 0.3) is 0 Å². The lowest BCUT2D eigenvalue weighted by atomic mass is 10.2. The summed E-state index contributed by atoms with van der Waals surface area (Å²) < 4.78 is 16.1. The minimum atomic E-state index is -0.446. The van der Waals surface area contributed by atoms with Crippen molar-refractivity contribution in [2.24, 2.45) is 0 Å². The molecular formula is C14H7BrFN3S2. The summed E-state index contributed by atoms with van der Waals surface area (Å²) in [4.78, 5) is 4.87. The Kier molecular flexibility index (Phi) is 3.85. The summed E-state index contributed by atoms with van der Waals surface area (Å²) in [6, 6.07) is 10.6. The van der Waals surface area contributed by atoms with Crippen molar-refractivity contribution in [3.8, 4) is 6.07 Å². The largest absolute Gasteiger partial charge is 0.399 e. The van der Waals surface area contributed by atoms with E-state index in [1.807, 2.05) is 18.2 Å². The summed E-state index contributed by atoms with van der Waals surface area (Å²) in [5, 5.41) is 8.87. The summed E-state index contributed by atoms with van der Waals surface area (Å²) >= 11 is 5.79. The molecule has 0 radical (unpaired) electrons. The van der Waals surface area contributed by atoms with Crippen LogP contribution in [-0.2, 0) is 0 Å². The lowest BCUT2D eigenvalue weighted by Crippen LogP contribution is -1.87. The van der Waals surface area contributed by atoms with E-state index in [4.69, 9.17) is 11.0 Å². The molecule has 0 aliphatic rings. The Bertz CT molecular complexity index is 886. The number of hydrogen-bond acceptors (Lipinski definition) is 5. The minimum absolute atomic E-state index is 0.181. The topological polar surface area (TPSA) is 62.7 Å². The molecule has 0 fully saturated rings. The summed E-state index contributed by atoms with van der Waals surface area (Å²) in [5.41, 5.74) is 7.52. The first kappa shape index (κ1) is 14.3. The standard InChI is InChI=1S/C14H7BrFN3S2/c15-12-7(6-17)1-4-10(13(12)16)20-14-19-9-3-2-8(18)5-11(9)21-14/h1-5H,18H2. The molecule has 2 N–H and O–H groups in total. The molecule has 3 rings (SSSR count). The normalized spacial score (nSPS) is 10.7. The van der Waals surface area contributed by atoms with Crippen LogP contribution in [0.25, 0.3) is 10.2 Å². The second-order valence-corrected chi connectivity index (χ2v) is 7.27. The van der Waals surface area contributed by atoms with Gasteiger partial charge in [0, 0.05) is 5.69 Å². The van der Waals surface area contributed by atoms with Crippen molar-refractivity contribution in [3.63, 3.8) is 0 Å². The van der Waals surface area contributed by atoms with Crippen LogP contribution in [0, 0.1) is 17.1 Å². The zero-order chi connectivity index (χ0) is 15.0. The van der Waals surface area contributed by atoms with Crippen molar-refractivity contribution < 1.29 is 4.39 Å². The van der Waals surface area contributed by atoms with Crippen LogP contribution in [0.1, 0.15) is 5.56 Å². The predicted molar refractivity (Wildman–Crippen MR) is 87.0 cm³/mol. The number of benzene rings is 2. The van der Waals surface area contributed by atoms with E-state index in [0.29, 0.717) is 10.6 Å². The van der Waals surface area contributed by atoms with Gasteiger partial charge in [0.05, 0.1) is 25.1 Å². The number of nitriles is 1. The fourth-order valence-electron chi connectivity index (χ4n) is 1.75. The molecule has 0 saturated carbocycles. The van der Waals surface area contributed by atoms with Gasteiger partial charge in [0.15, 0.2) is 10.2 Å². The van der Waals surface area contributed by atoms with E-state index in [1.54, 1.807) is 18.2 Å². The third-order valence-electron chi connectivity index (χ3n) is 2.76. The van der Waals surface area contributed by atoms with E-state index in [-0.39, 0.29) is 10.0 Å². The van der Waals surface area contributed by atoms with E-state index in [9.17, 15) is 4.39 Å². The average Bonchev–Trinajstić information content (AvgIpc) is 2.85. The van der Waals surface area contributed by atoms with Crippen molar-refractivity contribution >= 4 is 54.9 Å². The number of halogens is 2. The zero-order valence-corrected chi connectivity index (χ0v) is 13.6.